The lowest BCUT2D eigenvalue weighted by molar-refractivity contribution is -0.313. The molecule has 0 aromatic rings. The van der Waals surface area contributed by atoms with Crippen LogP contribution >= 0.6 is 0 Å². The van der Waals surface area contributed by atoms with Crippen LogP contribution in [0.3, 0.4) is 0 Å². The summed E-state index contributed by atoms with van der Waals surface area (Å²) in [5, 5.41) is 10.9. The summed E-state index contributed by atoms with van der Waals surface area (Å²) in [4.78, 5) is 32.5. The maximum absolute atomic E-state index is 10.9. The third kappa shape index (κ3) is 10.6. The fourth-order valence-corrected chi connectivity index (χ4v) is 2.96. The van der Waals surface area contributed by atoms with Gasteiger partial charge in [-0.3, -0.25) is 0 Å². The van der Waals surface area contributed by atoms with Crippen LogP contribution in [0.25, 0.3) is 0 Å². The average molecular weight is 339 g/mol. The van der Waals surface area contributed by atoms with Crippen molar-refractivity contribution < 1.29 is 19.5 Å². The number of aldehydes is 2. The summed E-state index contributed by atoms with van der Waals surface area (Å²) in [6.07, 6.45) is 17.3. The van der Waals surface area contributed by atoms with Crippen LogP contribution in [0.15, 0.2) is 0 Å². The van der Waals surface area contributed by atoms with Gasteiger partial charge in [0.2, 0.25) is 0 Å². The van der Waals surface area contributed by atoms with Crippen molar-refractivity contribution in [1.82, 2.24) is 0 Å². The van der Waals surface area contributed by atoms with E-state index in [1.165, 1.54) is 64.2 Å². The quantitative estimate of drug-likeness (QED) is 0.215. The molecule has 0 unspecified atom stereocenters. The van der Waals surface area contributed by atoms with Gasteiger partial charge >= 0.3 is 0 Å². The lowest BCUT2D eigenvalue weighted by Crippen LogP contribution is -2.44. The Kier molecular flexibility index (Phi) is 14.6. The normalized spacial score (nSPS) is 11.4. The highest BCUT2D eigenvalue weighted by molar-refractivity contribution is 6.06. The van der Waals surface area contributed by atoms with E-state index in [1.807, 2.05) is 0 Å². The number of carbonyl (C=O) groups is 3. The molecule has 0 amide bonds. The van der Waals surface area contributed by atoms with E-state index in [-0.39, 0.29) is 19.0 Å². The first-order chi connectivity index (χ1) is 11.6. The second-order valence-electron chi connectivity index (χ2n) is 6.91. The molecule has 0 aliphatic rings. The third-order valence-electron chi connectivity index (χ3n) is 4.74. The van der Waals surface area contributed by atoms with Crippen LogP contribution in [0, 0.1) is 5.41 Å². The van der Waals surface area contributed by atoms with E-state index in [4.69, 9.17) is 0 Å². The van der Waals surface area contributed by atoms with Crippen LogP contribution in [-0.4, -0.2) is 18.5 Å². The van der Waals surface area contributed by atoms with Crippen LogP contribution in [0.2, 0.25) is 0 Å². The van der Waals surface area contributed by atoms with E-state index >= 15 is 0 Å². The Hall–Kier alpha value is -1.19. The molecular formula is C20H35O4-. The standard InChI is InChI=1S/C20H36O4/c1-2-3-4-5-6-7-8-9-10-11-12-13-14-15-16-20(17-21,18-22)19(23)24/h17-18H,2-16H2,1H3,(H,23,24)/p-1. The average Bonchev–Trinajstić information content (AvgIpc) is 2.58. The Morgan fingerprint density at radius 3 is 1.33 bits per heavy atom. The van der Waals surface area contributed by atoms with Gasteiger partial charge in [-0.25, -0.2) is 0 Å². The molecule has 0 aromatic carbocycles. The van der Waals surface area contributed by atoms with Crippen LogP contribution in [0.5, 0.6) is 0 Å². The van der Waals surface area contributed by atoms with Crippen LogP contribution in [0.4, 0.5) is 0 Å². The lowest BCUT2D eigenvalue weighted by Gasteiger charge is -2.22. The minimum Gasteiger partial charge on any atom is -0.549 e. The number of carbonyl (C=O) groups excluding carboxylic acids is 3. The van der Waals surface area contributed by atoms with Crippen LogP contribution in [-0.2, 0) is 14.4 Å². The van der Waals surface area contributed by atoms with E-state index in [9.17, 15) is 19.5 Å². The summed E-state index contributed by atoms with van der Waals surface area (Å²) >= 11 is 0. The highest BCUT2D eigenvalue weighted by atomic mass is 16.4. The summed E-state index contributed by atoms with van der Waals surface area (Å²) in [7, 11) is 0. The zero-order chi connectivity index (χ0) is 18.1. The van der Waals surface area contributed by atoms with Crippen LogP contribution in [0.1, 0.15) is 103 Å². The second kappa shape index (κ2) is 15.3. The molecule has 4 heteroatoms. The van der Waals surface area contributed by atoms with Gasteiger partial charge in [0, 0.05) is 0 Å². The number of aliphatic carboxylic acids is 1. The molecule has 0 radical (unpaired) electrons. The van der Waals surface area contributed by atoms with Gasteiger partial charge in [0.15, 0.2) is 0 Å². The van der Waals surface area contributed by atoms with Crippen molar-refractivity contribution in [1.29, 1.82) is 0 Å². The van der Waals surface area contributed by atoms with Gasteiger partial charge in [-0.1, -0.05) is 96.8 Å². The first-order valence-electron chi connectivity index (χ1n) is 9.77. The van der Waals surface area contributed by atoms with Gasteiger partial charge < -0.3 is 19.5 Å². The minimum absolute atomic E-state index is 0.0559. The number of hydrogen-bond donors (Lipinski definition) is 0. The molecule has 0 aromatic heterocycles. The fraction of sp³-hybridized carbons (Fsp3) is 0.850. The molecule has 0 heterocycles. The number of carboxylic acid groups (broad SMARTS) is 1. The van der Waals surface area contributed by atoms with Crippen molar-refractivity contribution in [3.63, 3.8) is 0 Å². The number of rotatable bonds is 18. The molecule has 0 N–H and O–H groups in total. The van der Waals surface area contributed by atoms with Crippen molar-refractivity contribution >= 4 is 18.5 Å². The van der Waals surface area contributed by atoms with Crippen molar-refractivity contribution in [2.45, 2.75) is 103 Å². The Morgan fingerprint density at radius 1 is 0.708 bits per heavy atom. The predicted molar refractivity (Wildman–Crippen MR) is 94.5 cm³/mol. The zero-order valence-electron chi connectivity index (χ0n) is 15.4. The fourth-order valence-electron chi connectivity index (χ4n) is 2.96. The molecule has 0 saturated heterocycles. The van der Waals surface area contributed by atoms with E-state index in [2.05, 4.69) is 6.92 Å². The molecular weight excluding hydrogens is 304 g/mol. The third-order valence-corrected chi connectivity index (χ3v) is 4.74. The van der Waals surface area contributed by atoms with Gasteiger partial charge in [0.05, 0.1) is 5.97 Å². The van der Waals surface area contributed by atoms with Gasteiger partial charge in [0.25, 0.3) is 0 Å². The van der Waals surface area contributed by atoms with Gasteiger partial charge in [-0.15, -0.1) is 0 Å². The van der Waals surface area contributed by atoms with Crippen molar-refractivity contribution in [3.05, 3.63) is 0 Å². The summed E-state index contributed by atoms with van der Waals surface area (Å²) in [6.45, 7) is 2.24. The van der Waals surface area contributed by atoms with E-state index in [1.54, 1.807) is 0 Å². The predicted octanol–water partition coefficient (Wildman–Crippen LogP) is 3.99. The highest BCUT2D eigenvalue weighted by Gasteiger charge is 2.30. The first-order valence-corrected chi connectivity index (χ1v) is 9.77. The Labute approximate surface area is 147 Å². The smallest absolute Gasteiger partial charge is 0.138 e. The summed E-state index contributed by atoms with van der Waals surface area (Å²) in [6, 6.07) is 0. The van der Waals surface area contributed by atoms with Crippen molar-refractivity contribution in [3.8, 4) is 0 Å². The largest absolute Gasteiger partial charge is 0.549 e. The molecule has 0 rings (SSSR count). The van der Waals surface area contributed by atoms with Crippen LogP contribution < -0.4 is 5.11 Å². The molecule has 0 spiro atoms. The van der Waals surface area contributed by atoms with Gasteiger partial charge in [0.1, 0.15) is 18.0 Å². The Bertz CT molecular complexity index is 331. The summed E-state index contributed by atoms with van der Waals surface area (Å²) in [5.74, 6) is -1.58. The lowest BCUT2D eigenvalue weighted by atomic mass is 9.85. The molecule has 0 atom stereocenters. The number of carboxylic acids is 1. The van der Waals surface area contributed by atoms with E-state index < -0.39 is 11.4 Å². The highest BCUT2D eigenvalue weighted by Crippen LogP contribution is 2.20. The van der Waals surface area contributed by atoms with Crippen molar-refractivity contribution in [2.75, 3.05) is 0 Å². The van der Waals surface area contributed by atoms with E-state index in [0.717, 1.165) is 19.3 Å². The van der Waals surface area contributed by atoms with Gasteiger partial charge in [-0.05, 0) is 6.42 Å². The molecule has 140 valence electrons. The van der Waals surface area contributed by atoms with Crippen molar-refractivity contribution in [2.24, 2.45) is 5.41 Å². The second-order valence-corrected chi connectivity index (χ2v) is 6.91. The minimum atomic E-state index is -1.93. The first kappa shape index (κ1) is 22.8. The molecule has 24 heavy (non-hydrogen) atoms. The molecule has 0 fully saturated rings. The van der Waals surface area contributed by atoms with E-state index in [0.29, 0.717) is 6.42 Å². The topological polar surface area (TPSA) is 74.3 Å². The number of unbranched alkanes of at least 4 members (excludes halogenated alkanes) is 13. The van der Waals surface area contributed by atoms with Gasteiger partial charge in [-0.2, -0.15) is 0 Å². The monoisotopic (exact) mass is 339 g/mol. The summed E-state index contributed by atoms with van der Waals surface area (Å²) in [5.41, 5.74) is -1.93. The molecule has 0 aliphatic heterocycles. The molecule has 4 nitrogen and oxygen atoms in total. The Morgan fingerprint density at radius 2 is 1.04 bits per heavy atom. The zero-order valence-corrected chi connectivity index (χ0v) is 15.4. The molecule has 0 bridgehead atoms. The molecule has 0 aliphatic carbocycles. The Balaban J connectivity index is 3.41. The SMILES string of the molecule is CCCCCCCCCCCCCCCCC(C=O)(C=O)C(=O)[O-]. The number of hydrogen-bond acceptors (Lipinski definition) is 4. The molecule has 0 saturated carbocycles. The maximum Gasteiger partial charge on any atom is 0.138 e. The maximum atomic E-state index is 10.9. The summed E-state index contributed by atoms with van der Waals surface area (Å²) < 4.78 is 0.